The molecule has 106 valence electrons. The van der Waals surface area contributed by atoms with E-state index in [1.165, 1.54) is 32.4 Å². The van der Waals surface area contributed by atoms with Crippen LogP contribution in [0.1, 0.15) is 31.7 Å². The van der Waals surface area contributed by atoms with Crippen LogP contribution in [-0.4, -0.2) is 42.7 Å². The van der Waals surface area contributed by atoms with Crippen LogP contribution in [0.3, 0.4) is 0 Å². The minimum absolute atomic E-state index is 0.732. The highest BCUT2D eigenvalue weighted by molar-refractivity contribution is 5.25. The van der Waals surface area contributed by atoms with Crippen molar-refractivity contribution in [2.45, 2.75) is 32.7 Å². The smallest absolute Gasteiger partial charge is 0.217 e. The third-order valence-corrected chi connectivity index (χ3v) is 3.51. The van der Waals surface area contributed by atoms with E-state index in [1.54, 1.807) is 6.20 Å². The van der Waals surface area contributed by atoms with Crippen molar-refractivity contribution in [3.05, 3.63) is 23.9 Å². The van der Waals surface area contributed by atoms with E-state index in [0.717, 1.165) is 37.7 Å². The van der Waals surface area contributed by atoms with Crippen LogP contribution in [0.2, 0.25) is 0 Å². The second kappa shape index (κ2) is 8.12. The first-order chi connectivity index (χ1) is 9.40. The lowest BCUT2D eigenvalue weighted by molar-refractivity contribution is 0.179. The number of nitrogens with one attached hydrogen (secondary N) is 1. The Balaban J connectivity index is 1.77. The van der Waals surface area contributed by atoms with Crippen molar-refractivity contribution < 1.29 is 4.74 Å². The molecular weight excluding hydrogens is 238 g/mol. The van der Waals surface area contributed by atoms with Crippen molar-refractivity contribution in [3.63, 3.8) is 0 Å². The van der Waals surface area contributed by atoms with Crippen LogP contribution in [-0.2, 0) is 6.54 Å². The van der Waals surface area contributed by atoms with E-state index in [4.69, 9.17) is 4.74 Å². The van der Waals surface area contributed by atoms with Gasteiger partial charge in [-0.25, -0.2) is 4.98 Å². The second-order valence-electron chi connectivity index (χ2n) is 5.00. The lowest BCUT2D eigenvalue weighted by Gasteiger charge is -2.26. The lowest BCUT2D eigenvalue weighted by atomic mass is 10.1. The molecule has 0 bridgehead atoms. The van der Waals surface area contributed by atoms with Crippen molar-refractivity contribution in [2.75, 3.05) is 32.8 Å². The second-order valence-corrected chi connectivity index (χ2v) is 5.00. The van der Waals surface area contributed by atoms with Gasteiger partial charge in [-0.2, -0.15) is 0 Å². The Labute approximate surface area is 116 Å². The van der Waals surface area contributed by atoms with Crippen LogP contribution in [0.25, 0.3) is 0 Å². The topological polar surface area (TPSA) is 37.4 Å². The predicted octanol–water partition coefficient (Wildman–Crippen LogP) is 2.06. The Hall–Kier alpha value is -1.13. The molecule has 1 aromatic rings. The maximum atomic E-state index is 5.84. The highest BCUT2D eigenvalue weighted by Gasteiger charge is 2.10. The zero-order valence-corrected chi connectivity index (χ0v) is 11.9. The number of hydrogen-bond acceptors (Lipinski definition) is 4. The maximum absolute atomic E-state index is 5.84. The van der Waals surface area contributed by atoms with E-state index in [1.807, 2.05) is 6.07 Å². The molecule has 0 amide bonds. The van der Waals surface area contributed by atoms with E-state index in [9.17, 15) is 0 Å². The standard InChI is InChI=1S/C15H25N3O/c1-2-16-13-14-7-6-8-17-15(14)19-12-11-18-9-4-3-5-10-18/h6-8,16H,2-5,9-13H2,1H3. The molecule has 0 radical (unpaired) electrons. The first kappa shape index (κ1) is 14.3. The fraction of sp³-hybridized carbons (Fsp3) is 0.667. The molecule has 0 unspecified atom stereocenters. The summed E-state index contributed by atoms with van der Waals surface area (Å²) in [5.74, 6) is 0.778. The van der Waals surface area contributed by atoms with E-state index >= 15 is 0 Å². The summed E-state index contributed by atoms with van der Waals surface area (Å²) in [6.45, 7) is 8.07. The molecule has 1 N–H and O–H groups in total. The third kappa shape index (κ3) is 4.80. The molecule has 1 fully saturated rings. The molecule has 4 nitrogen and oxygen atoms in total. The molecule has 1 aromatic heterocycles. The van der Waals surface area contributed by atoms with E-state index in [0.29, 0.717) is 0 Å². The zero-order chi connectivity index (χ0) is 13.3. The molecule has 0 saturated carbocycles. The fourth-order valence-corrected chi connectivity index (χ4v) is 2.40. The summed E-state index contributed by atoms with van der Waals surface area (Å²) in [4.78, 5) is 6.82. The molecule has 1 aliphatic heterocycles. The summed E-state index contributed by atoms with van der Waals surface area (Å²) in [6, 6.07) is 4.04. The number of rotatable bonds is 7. The number of hydrogen-bond donors (Lipinski definition) is 1. The van der Waals surface area contributed by atoms with Crippen molar-refractivity contribution in [1.82, 2.24) is 15.2 Å². The van der Waals surface area contributed by atoms with Crippen LogP contribution in [0.5, 0.6) is 5.88 Å². The number of pyridine rings is 1. The lowest BCUT2D eigenvalue weighted by Crippen LogP contribution is -2.33. The zero-order valence-electron chi connectivity index (χ0n) is 11.9. The van der Waals surface area contributed by atoms with Gasteiger partial charge in [-0.15, -0.1) is 0 Å². The highest BCUT2D eigenvalue weighted by atomic mass is 16.5. The van der Waals surface area contributed by atoms with E-state index < -0.39 is 0 Å². The molecule has 0 spiro atoms. The van der Waals surface area contributed by atoms with Crippen LogP contribution >= 0.6 is 0 Å². The van der Waals surface area contributed by atoms with Gasteiger partial charge in [-0.05, 0) is 38.5 Å². The number of ether oxygens (including phenoxy) is 1. The summed E-state index contributed by atoms with van der Waals surface area (Å²) in [5.41, 5.74) is 1.14. The van der Waals surface area contributed by atoms with Crippen molar-refractivity contribution in [2.24, 2.45) is 0 Å². The van der Waals surface area contributed by atoms with Gasteiger partial charge in [0, 0.05) is 24.8 Å². The van der Waals surface area contributed by atoms with Gasteiger partial charge in [0.2, 0.25) is 5.88 Å². The maximum Gasteiger partial charge on any atom is 0.217 e. The third-order valence-electron chi connectivity index (χ3n) is 3.51. The number of piperidine rings is 1. The van der Waals surface area contributed by atoms with Crippen molar-refractivity contribution in [3.8, 4) is 5.88 Å². The van der Waals surface area contributed by atoms with Gasteiger partial charge in [-0.3, -0.25) is 4.90 Å². The van der Waals surface area contributed by atoms with Crippen LogP contribution < -0.4 is 10.1 Å². The Kier molecular flexibility index (Phi) is 6.11. The molecule has 0 aromatic carbocycles. The Morgan fingerprint density at radius 2 is 2.16 bits per heavy atom. The minimum Gasteiger partial charge on any atom is -0.476 e. The quantitative estimate of drug-likeness (QED) is 0.817. The van der Waals surface area contributed by atoms with Gasteiger partial charge >= 0.3 is 0 Å². The molecule has 1 aliphatic rings. The average Bonchev–Trinajstić information content (AvgIpc) is 2.47. The van der Waals surface area contributed by atoms with Gasteiger partial charge in [-0.1, -0.05) is 19.4 Å². The first-order valence-electron chi connectivity index (χ1n) is 7.40. The molecule has 4 heteroatoms. The number of aromatic nitrogens is 1. The highest BCUT2D eigenvalue weighted by Crippen LogP contribution is 2.14. The van der Waals surface area contributed by atoms with Crippen molar-refractivity contribution >= 4 is 0 Å². The summed E-state index contributed by atoms with van der Waals surface area (Å²) in [7, 11) is 0. The Morgan fingerprint density at radius 3 is 2.95 bits per heavy atom. The van der Waals surface area contributed by atoms with Crippen molar-refractivity contribution in [1.29, 1.82) is 0 Å². The molecule has 1 saturated heterocycles. The number of likely N-dealkylation sites (tertiary alicyclic amines) is 1. The fourth-order valence-electron chi connectivity index (χ4n) is 2.40. The summed E-state index contributed by atoms with van der Waals surface area (Å²) < 4.78 is 5.84. The van der Waals surface area contributed by atoms with Gasteiger partial charge in [0.05, 0.1) is 0 Å². The van der Waals surface area contributed by atoms with Gasteiger partial charge in [0.25, 0.3) is 0 Å². The molecule has 2 heterocycles. The van der Waals surface area contributed by atoms with E-state index in [-0.39, 0.29) is 0 Å². The monoisotopic (exact) mass is 263 g/mol. The first-order valence-corrected chi connectivity index (χ1v) is 7.40. The SMILES string of the molecule is CCNCc1cccnc1OCCN1CCCCC1. The van der Waals surface area contributed by atoms with Gasteiger partial charge in [0.1, 0.15) is 6.61 Å². The number of nitrogens with zero attached hydrogens (tertiary/aromatic N) is 2. The van der Waals surface area contributed by atoms with Crippen LogP contribution in [0, 0.1) is 0 Å². The largest absolute Gasteiger partial charge is 0.476 e. The van der Waals surface area contributed by atoms with Gasteiger partial charge < -0.3 is 10.1 Å². The Morgan fingerprint density at radius 1 is 1.32 bits per heavy atom. The molecule has 2 rings (SSSR count). The summed E-state index contributed by atoms with van der Waals surface area (Å²) in [6.07, 6.45) is 5.83. The Bertz CT molecular complexity index is 364. The predicted molar refractivity (Wildman–Crippen MR) is 77.4 cm³/mol. The minimum atomic E-state index is 0.732. The van der Waals surface area contributed by atoms with E-state index in [2.05, 4.69) is 28.2 Å². The van der Waals surface area contributed by atoms with Crippen LogP contribution in [0.15, 0.2) is 18.3 Å². The molecule has 0 aliphatic carbocycles. The molecule has 0 atom stereocenters. The summed E-state index contributed by atoms with van der Waals surface area (Å²) in [5, 5.41) is 3.31. The average molecular weight is 263 g/mol. The molecule has 19 heavy (non-hydrogen) atoms. The van der Waals surface area contributed by atoms with Gasteiger partial charge in [0.15, 0.2) is 0 Å². The molecular formula is C15H25N3O. The normalized spacial score (nSPS) is 16.5. The van der Waals surface area contributed by atoms with Crippen LogP contribution in [0.4, 0.5) is 0 Å². The summed E-state index contributed by atoms with van der Waals surface area (Å²) >= 11 is 0.